The predicted octanol–water partition coefficient (Wildman–Crippen LogP) is 3.27. The molecule has 1 rings (SSSR count). The summed E-state index contributed by atoms with van der Waals surface area (Å²) in [5, 5.41) is 22.6. The number of nitrogens with zero attached hydrogens (tertiary/aromatic N) is 1. The normalized spacial score (nSPS) is 11.9. The Balaban J connectivity index is 2.78. The molecule has 19 heavy (non-hydrogen) atoms. The average molecular weight is 331 g/mol. The van der Waals surface area contributed by atoms with Crippen molar-refractivity contribution in [2.24, 2.45) is 5.92 Å². The van der Waals surface area contributed by atoms with Crippen LogP contribution in [0.4, 0.5) is 11.4 Å². The van der Waals surface area contributed by atoms with Crippen LogP contribution < -0.4 is 5.32 Å². The second-order valence-corrected chi connectivity index (χ2v) is 5.09. The van der Waals surface area contributed by atoms with E-state index in [1.54, 1.807) is 12.1 Å². The molecule has 0 spiro atoms. The van der Waals surface area contributed by atoms with E-state index in [9.17, 15) is 14.9 Å². The number of anilines is 1. The lowest BCUT2D eigenvalue weighted by Gasteiger charge is -2.14. The van der Waals surface area contributed by atoms with Crippen molar-refractivity contribution in [1.82, 2.24) is 0 Å². The second-order valence-electron chi connectivity index (χ2n) is 4.17. The standard InChI is InChI=1S/C12H15BrN2O4/c1-2-8(5-12(16)17)7-14-10-6-9(13)3-4-11(10)15(18)19/h3-4,6,8,14H,2,5,7H2,1H3,(H,16,17). The van der Waals surface area contributed by atoms with Crippen LogP contribution >= 0.6 is 15.9 Å². The van der Waals surface area contributed by atoms with Crippen molar-refractivity contribution in [3.63, 3.8) is 0 Å². The highest BCUT2D eigenvalue weighted by Gasteiger charge is 2.16. The smallest absolute Gasteiger partial charge is 0.303 e. The van der Waals surface area contributed by atoms with E-state index >= 15 is 0 Å². The number of carbonyl (C=O) groups is 1. The fraction of sp³-hybridized carbons (Fsp3) is 0.417. The summed E-state index contributed by atoms with van der Waals surface area (Å²) < 4.78 is 0.729. The number of hydrogen-bond donors (Lipinski definition) is 2. The monoisotopic (exact) mass is 330 g/mol. The number of carboxylic acid groups (broad SMARTS) is 1. The van der Waals surface area contributed by atoms with E-state index in [0.29, 0.717) is 18.7 Å². The van der Waals surface area contributed by atoms with Gasteiger partial charge in [0.2, 0.25) is 0 Å². The zero-order valence-corrected chi connectivity index (χ0v) is 12.0. The Kier molecular flexibility index (Phi) is 5.75. The van der Waals surface area contributed by atoms with Crippen molar-refractivity contribution in [1.29, 1.82) is 0 Å². The van der Waals surface area contributed by atoms with Gasteiger partial charge in [-0.3, -0.25) is 14.9 Å². The van der Waals surface area contributed by atoms with Gasteiger partial charge in [-0.2, -0.15) is 0 Å². The molecule has 1 aromatic carbocycles. The number of benzene rings is 1. The van der Waals surface area contributed by atoms with E-state index in [1.807, 2.05) is 6.92 Å². The number of aliphatic carboxylic acids is 1. The first-order chi connectivity index (χ1) is 8.93. The molecule has 0 saturated carbocycles. The summed E-state index contributed by atoms with van der Waals surface area (Å²) in [5.41, 5.74) is 0.372. The highest BCUT2D eigenvalue weighted by Crippen LogP contribution is 2.28. The molecule has 0 radical (unpaired) electrons. The molecule has 0 aliphatic heterocycles. The lowest BCUT2D eigenvalue weighted by Crippen LogP contribution is -2.17. The first kappa shape index (κ1) is 15.4. The molecule has 2 N–H and O–H groups in total. The maximum Gasteiger partial charge on any atom is 0.303 e. The summed E-state index contributed by atoms with van der Waals surface area (Å²) in [7, 11) is 0. The maximum atomic E-state index is 10.9. The van der Waals surface area contributed by atoms with Crippen molar-refractivity contribution < 1.29 is 14.8 Å². The van der Waals surface area contributed by atoms with Gasteiger partial charge in [-0.15, -0.1) is 0 Å². The molecule has 0 heterocycles. The molecule has 0 amide bonds. The van der Waals surface area contributed by atoms with Crippen LogP contribution in [0.5, 0.6) is 0 Å². The zero-order valence-electron chi connectivity index (χ0n) is 10.4. The van der Waals surface area contributed by atoms with Crippen molar-refractivity contribution in [2.45, 2.75) is 19.8 Å². The van der Waals surface area contributed by atoms with Crippen LogP contribution in [-0.4, -0.2) is 22.5 Å². The molecule has 7 heteroatoms. The number of hydrogen-bond acceptors (Lipinski definition) is 4. The maximum absolute atomic E-state index is 10.9. The molecule has 0 fully saturated rings. The summed E-state index contributed by atoms with van der Waals surface area (Å²) in [5.74, 6) is -0.923. The Hall–Kier alpha value is -1.63. The molecular weight excluding hydrogens is 316 g/mol. The van der Waals surface area contributed by atoms with E-state index in [1.165, 1.54) is 6.07 Å². The molecule has 0 aliphatic rings. The highest BCUT2D eigenvalue weighted by atomic mass is 79.9. The van der Waals surface area contributed by atoms with E-state index < -0.39 is 10.9 Å². The summed E-state index contributed by atoms with van der Waals surface area (Å²) in [6, 6.07) is 4.62. The fourth-order valence-corrected chi connectivity index (χ4v) is 2.03. The predicted molar refractivity (Wildman–Crippen MR) is 75.3 cm³/mol. The van der Waals surface area contributed by atoms with Gasteiger partial charge in [-0.1, -0.05) is 29.3 Å². The molecule has 104 valence electrons. The van der Waals surface area contributed by atoms with Crippen LogP contribution in [0.1, 0.15) is 19.8 Å². The Morgan fingerprint density at radius 3 is 2.79 bits per heavy atom. The van der Waals surface area contributed by atoms with Crippen molar-refractivity contribution >= 4 is 33.3 Å². The first-order valence-corrected chi connectivity index (χ1v) is 6.63. The third-order valence-electron chi connectivity index (χ3n) is 2.78. The minimum atomic E-state index is -0.864. The molecular formula is C12H15BrN2O4. The van der Waals surface area contributed by atoms with E-state index in [2.05, 4.69) is 21.2 Å². The number of halogens is 1. The van der Waals surface area contributed by atoms with Crippen LogP contribution in [0, 0.1) is 16.0 Å². The lowest BCUT2D eigenvalue weighted by molar-refractivity contribution is -0.384. The SMILES string of the molecule is CCC(CNc1cc(Br)ccc1[N+](=O)[O-])CC(=O)O. The molecule has 6 nitrogen and oxygen atoms in total. The Bertz CT molecular complexity index is 479. The second kappa shape index (κ2) is 7.08. The summed E-state index contributed by atoms with van der Waals surface area (Å²) in [4.78, 5) is 21.1. The Labute approximate surface area is 119 Å². The topological polar surface area (TPSA) is 92.5 Å². The first-order valence-electron chi connectivity index (χ1n) is 5.83. The van der Waals surface area contributed by atoms with Gasteiger partial charge in [-0.25, -0.2) is 0 Å². The summed E-state index contributed by atoms with van der Waals surface area (Å²) in [6.45, 7) is 2.28. The van der Waals surface area contributed by atoms with E-state index in [4.69, 9.17) is 5.11 Å². The molecule has 0 aliphatic carbocycles. The van der Waals surface area contributed by atoms with Crippen LogP contribution in [0.3, 0.4) is 0 Å². The summed E-state index contributed by atoms with van der Waals surface area (Å²) in [6.07, 6.45) is 0.742. The third kappa shape index (κ3) is 4.86. The molecule has 0 saturated heterocycles. The summed E-state index contributed by atoms with van der Waals surface area (Å²) >= 11 is 3.25. The fourth-order valence-electron chi connectivity index (χ4n) is 1.67. The van der Waals surface area contributed by atoms with Crippen LogP contribution in [0.15, 0.2) is 22.7 Å². The third-order valence-corrected chi connectivity index (χ3v) is 3.27. The molecule has 0 bridgehead atoms. The Morgan fingerprint density at radius 1 is 1.58 bits per heavy atom. The van der Waals surface area contributed by atoms with E-state index in [-0.39, 0.29) is 18.0 Å². The van der Waals surface area contributed by atoms with Gasteiger partial charge in [0.05, 0.1) is 4.92 Å². The van der Waals surface area contributed by atoms with Crippen LogP contribution in [0.25, 0.3) is 0 Å². The largest absolute Gasteiger partial charge is 0.481 e. The average Bonchev–Trinajstić information content (AvgIpc) is 2.33. The lowest BCUT2D eigenvalue weighted by atomic mass is 10.0. The number of carboxylic acids is 1. The molecule has 1 atom stereocenters. The van der Waals surface area contributed by atoms with Crippen molar-refractivity contribution in [2.75, 3.05) is 11.9 Å². The number of nitro groups is 1. The van der Waals surface area contributed by atoms with Gasteiger partial charge in [0, 0.05) is 23.5 Å². The van der Waals surface area contributed by atoms with Crippen LogP contribution in [-0.2, 0) is 4.79 Å². The number of nitro benzene ring substituents is 1. The van der Waals surface area contributed by atoms with Crippen molar-refractivity contribution in [3.05, 3.63) is 32.8 Å². The van der Waals surface area contributed by atoms with Gasteiger partial charge >= 0.3 is 5.97 Å². The number of nitrogens with one attached hydrogen (secondary N) is 1. The van der Waals surface area contributed by atoms with Gasteiger partial charge in [0.1, 0.15) is 5.69 Å². The van der Waals surface area contributed by atoms with Gasteiger partial charge < -0.3 is 10.4 Å². The van der Waals surface area contributed by atoms with Crippen LogP contribution in [0.2, 0.25) is 0 Å². The number of rotatable bonds is 7. The zero-order chi connectivity index (χ0) is 14.4. The van der Waals surface area contributed by atoms with Gasteiger partial charge in [0.15, 0.2) is 0 Å². The minimum absolute atomic E-state index is 0.0200. The molecule has 1 aromatic rings. The van der Waals surface area contributed by atoms with Gasteiger partial charge in [0.25, 0.3) is 5.69 Å². The van der Waals surface area contributed by atoms with E-state index in [0.717, 1.165) is 4.47 Å². The quantitative estimate of drug-likeness (QED) is 0.591. The van der Waals surface area contributed by atoms with Crippen molar-refractivity contribution in [3.8, 4) is 0 Å². The highest BCUT2D eigenvalue weighted by molar-refractivity contribution is 9.10. The van der Waals surface area contributed by atoms with Gasteiger partial charge in [-0.05, 0) is 18.1 Å². The Morgan fingerprint density at radius 2 is 2.26 bits per heavy atom. The minimum Gasteiger partial charge on any atom is -0.481 e. The molecule has 1 unspecified atom stereocenters. The molecule has 0 aromatic heterocycles.